The van der Waals surface area contributed by atoms with Crippen LogP contribution in [-0.2, 0) is 23.4 Å². The van der Waals surface area contributed by atoms with Gasteiger partial charge in [-0.1, -0.05) is 62.3 Å². The van der Waals surface area contributed by atoms with Gasteiger partial charge in [0.1, 0.15) is 12.4 Å². The van der Waals surface area contributed by atoms with Gasteiger partial charge in [-0.15, -0.1) is 16.8 Å². The number of hydrogen-bond acceptors (Lipinski definition) is 7. The number of ether oxygens (including phenoxy) is 1. The van der Waals surface area contributed by atoms with Crippen molar-refractivity contribution in [3.05, 3.63) is 81.6 Å². The predicted molar refractivity (Wildman–Crippen MR) is 137 cm³/mol. The molecule has 1 heterocycles. The van der Waals surface area contributed by atoms with Gasteiger partial charge in [0.05, 0.1) is 21.4 Å². The highest BCUT2D eigenvalue weighted by Gasteiger charge is 2.17. The largest absolute Gasteiger partial charge is 0.486 e. The smallest absolute Gasteiger partial charge is 0.271 e. The molecule has 0 aliphatic rings. The molecule has 184 valence electrons. The van der Waals surface area contributed by atoms with Crippen molar-refractivity contribution >= 4 is 40.6 Å². The monoisotopic (exact) mass is 515 g/mol. The molecule has 0 saturated heterocycles. The lowest BCUT2D eigenvalue weighted by Crippen LogP contribution is -2.15. The molecule has 0 radical (unpaired) electrons. The third-order valence-corrected chi connectivity index (χ3v) is 6.26. The Morgan fingerprint density at radius 3 is 2.60 bits per heavy atom. The molecule has 3 rings (SSSR count). The molecule has 0 aliphatic heterocycles. The van der Waals surface area contributed by atoms with Crippen LogP contribution in [0.1, 0.15) is 32.2 Å². The van der Waals surface area contributed by atoms with Crippen LogP contribution in [0.3, 0.4) is 0 Å². The molecular formula is C24H26ClN5O4S. The average Bonchev–Trinajstić information content (AvgIpc) is 3.19. The number of benzene rings is 2. The number of nitrogens with one attached hydrogen (secondary N) is 1. The van der Waals surface area contributed by atoms with Crippen LogP contribution in [-0.4, -0.2) is 31.3 Å². The Morgan fingerprint density at radius 1 is 1.26 bits per heavy atom. The van der Waals surface area contributed by atoms with Gasteiger partial charge in [0.25, 0.3) is 5.69 Å². The maximum Gasteiger partial charge on any atom is 0.271 e. The van der Waals surface area contributed by atoms with E-state index in [0.717, 1.165) is 0 Å². The number of non-ortho nitro benzene ring substituents is 1. The fraction of sp³-hybridized carbons (Fsp3) is 0.292. The molecule has 0 atom stereocenters. The lowest BCUT2D eigenvalue weighted by molar-refractivity contribution is -0.384. The lowest BCUT2D eigenvalue weighted by atomic mass is 9.87. The Bertz CT molecular complexity index is 1220. The Kier molecular flexibility index (Phi) is 8.52. The lowest BCUT2D eigenvalue weighted by Gasteiger charge is -2.19. The summed E-state index contributed by atoms with van der Waals surface area (Å²) < 4.78 is 7.71. The third kappa shape index (κ3) is 7.06. The fourth-order valence-electron chi connectivity index (χ4n) is 3.08. The third-order valence-electron chi connectivity index (χ3n) is 4.96. The first-order valence-corrected chi connectivity index (χ1v) is 12.1. The number of aromatic nitrogens is 3. The van der Waals surface area contributed by atoms with Crippen molar-refractivity contribution < 1.29 is 14.5 Å². The minimum atomic E-state index is -0.555. The summed E-state index contributed by atoms with van der Waals surface area (Å²) in [5, 5.41) is 22.7. The molecule has 1 aromatic heterocycles. The highest BCUT2D eigenvalue weighted by molar-refractivity contribution is 7.99. The van der Waals surface area contributed by atoms with Gasteiger partial charge in [-0.3, -0.25) is 19.5 Å². The van der Waals surface area contributed by atoms with Crippen LogP contribution in [0.5, 0.6) is 5.75 Å². The van der Waals surface area contributed by atoms with E-state index in [0.29, 0.717) is 23.3 Å². The van der Waals surface area contributed by atoms with Crippen LogP contribution < -0.4 is 10.1 Å². The van der Waals surface area contributed by atoms with Gasteiger partial charge in [0.15, 0.2) is 11.0 Å². The second kappa shape index (κ2) is 11.4. The number of carbonyl (C=O) groups excluding carboxylic acids is 1. The molecule has 1 N–H and O–H groups in total. The maximum atomic E-state index is 12.4. The first kappa shape index (κ1) is 26.2. The van der Waals surface area contributed by atoms with Gasteiger partial charge in [0, 0.05) is 18.7 Å². The van der Waals surface area contributed by atoms with Crippen LogP contribution in [0.2, 0.25) is 5.02 Å². The van der Waals surface area contributed by atoms with E-state index in [1.54, 1.807) is 6.08 Å². The number of nitro groups is 1. The Hall–Kier alpha value is -3.37. The van der Waals surface area contributed by atoms with Gasteiger partial charge in [-0.05, 0) is 29.2 Å². The molecule has 9 nitrogen and oxygen atoms in total. The Balaban J connectivity index is 1.63. The number of halogens is 1. The number of hydrogen-bond donors (Lipinski definition) is 1. The second-order valence-corrected chi connectivity index (χ2v) is 9.97. The van der Waals surface area contributed by atoms with Crippen molar-refractivity contribution in [2.45, 2.75) is 44.5 Å². The summed E-state index contributed by atoms with van der Waals surface area (Å²) in [6.07, 6.45) is 1.71. The van der Waals surface area contributed by atoms with E-state index in [2.05, 4.69) is 42.9 Å². The minimum absolute atomic E-state index is 0.00339. The number of rotatable bonds is 10. The summed E-state index contributed by atoms with van der Waals surface area (Å²) in [4.78, 5) is 22.9. The number of amides is 1. The van der Waals surface area contributed by atoms with E-state index in [9.17, 15) is 14.9 Å². The van der Waals surface area contributed by atoms with Crippen molar-refractivity contribution in [1.29, 1.82) is 0 Å². The number of nitro benzene ring substituents is 1. The molecule has 0 saturated carbocycles. The van der Waals surface area contributed by atoms with Crippen molar-refractivity contribution in [2.75, 3.05) is 11.1 Å². The molecule has 1 amide bonds. The van der Waals surface area contributed by atoms with Crippen LogP contribution in [0.4, 0.5) is 11.4 Å². The van der Waals surface area contributed by atoms with Crippen LogP contribution in [0, 0.1) is 10.1 Å². The molecule has 0 aliphatic carbocycles. The fourth-order valence-corrected chi connectivity index (χ4v) is 4.01. The number of carbonyl (C=O) groups is 1. The zero-order chi connectivity index (χ0) is 25.6. The van der Waals surface area contributed by atoms with E-state index in [1.165, 1.54) is 35.5 Å². The van der Waals surface area contributed by atoms with Crippen LogP contribution >= 0.6 is 23.4 Å². The first-order chi connectivity index (χ1) is 16.6. The first-order valence-electron chi connectivity index (χ1n) is 10.7. The van der Waals surface area contributed by atoms with E-state index >= 15 is 0 Å². The molecule has 0 bridgehead atoms. The molecule has 0 spiro atoms. The van der Waals surface area contributed by atoms with Crippen LogP contribution in [0.15, 0.2) is 60.3 Å². The average molecular weight is 516 g/mol. The SMILES string of the molecule is C=CCn1c(COc2ccc(C(C)(C)C)cc2)nnc1SCC(=O)Nc1cc([N+](=O)[O-])ccc1Cl. The molecule has 0 unspecified atom stereocenters. The number of thioether (sulfide) groups is 1. The summed E-state index contributed by atoms with van der Waals surface area (Å²) in [7, 11) is 0. The quantitative estimate of drug-likeness (QED) is 0.161. The molecular weight excluding hydrogens is 490 g/mol. The molecule has 3 aromatic rings. The van der Waals surface area contributed by atoms with E-state index in [-0.39, 0.29) is 40.1 Å². The Labute approximate surface area is 212 Å². The van der Waals surface area contributed by atoms with Crippen molar-refractivity contribution in [2.24, 2.45) is 0 Å². The van der Waals surface area contributed by atoms with Gasteiger partial charge in [0.2, 0.25) is 5.91 Å². The number of nitrogens with zero attached hydrogens (tertiary/aromatic N) is 4. The minimum Gasteiger partial charge on any atom is -0.486 e. The van der Waals surface area contributed by atoms with E-state index in [4.69, 9.17) is 16.3 Å². The van der Waals surface area contributed by atoms with Gasteiger partial charge < -0.3 is 10.1 Å². The summed E-state index contributed by atoms with van der Waals surface area (Å²) >= 11 is 7.23. The molecule has 2 aromatic carbocycles. The van der Waals surface area contributed by atoms with Crippen molar-refractivity contribution in [3.8, 4) is 5.75 Å². The number of anilines is 1. The molecule has 35 heavy (non-hydrogen) atoms. The van der Waals surface area contributed by atoms with Crippen molar-refractivity contribution in [1.82, 2.24) is 14.8 Å². The Morgan fingerprint density at radius 2 is 1.97 bits per heavy atom. The maximum absolute atomic E-state index is 12.4. The molecule has 11 heteroatoms. The zero-order valence-electron chi connectivity index (χ0n) is 19.7. The normalized spacial score (nSPS) is 11.2. The van der Waals surface area contributed by atoms with Crippen molar-refractivity contribution in [3.63, 3.8) is 0 Å². The molecule has 0 fully saturated rings. The predicted octanol–water partition coefficient (Wildman–Crippen LogP) is 5.63. The highest BCUT2D eigenvalue weighted by Crippen LogP contribution is 2.28. The highest BCUT2D eigenvalue weighted by atomic mass is 35.5. The zero-order valence-corrected chi connectivity index (χ0v) is 21.2. The summed E-state index contributed by atoms with van der Waals surface area (Å²) in [6.45, 7) is 10.9. The second-order valence-electron chi connectivity index (χ2n) is 8.62. The number of allylic oxidation sites excluding steroid dienone is 1. The van der Waals surface area contributed by atoms with Crippen LogP contribution in [0.25, 0.3) is 0 Å². The van der Waals surface area contributed by atoms with E-state index in [1.807, 2.05) is 28.8 Å². The summed E-state index contributed by atoms with van der Waals surface area (Å²) in [6, 6.07) is 11.8. The van der Waals surface area contributed by atoms with Gasteiger partial charge in [-0.25, -0.2) is 0 Å². The summed E-state index contributed by atoms with van der Waals surface area (Å²) in [5.41, 5.74) is 1.27. The summed E-state index contributed by atoms with van der Waals surface area (Å²) in [5.74, 6) is 0.925. The van der Waals surface area contributed by atoms with Gasteiger partial charge >= 0.3 is 0 Å². The topological polar surface area (TPSA) is 112 Å². The van der Waals surface area contributed by atoms with Gasteiger partial charge in [-0.2, -0.15) is 0 Å². The standard InChI is InChI=1S/C24H26ClN5O4S/c1-5-12-29-21(14-34-18-9-6-16(7-10-18)24(2,3)4)27-28-23(29)35-15-22(31)26-20-13-17(30(32)33)8-11-19(20)25/h5-11,13H,1,12,14-15H2,2-4H3,(H,26,31). The van der Waals surface area contributed by atoms with E-state index < -0.39 is 4.92 Å².